The van der Waals surface area contributed by atoms with Gasteiger partial charge >= 0.3 is 0 Å². The lowest BCUT2D eigenvalue weighted by molar-refractivity contribution is -0.462. The molecular weight excluding hydrogens is 202 g/mol. The first-order chi connectivity index (χ1) is 7.22. The summed E-state index contributed by atoms with van der Waals surface area (Å²) in [5, 5.41) is 3.73. The molecule has 88 valence electrons. The summed E-state index contributed by atoms with van der Waals surface area (Å²) in [7, 11) is 4.27. The Labute approximate surface area is 99.7 Å². The summed E-state index contributed by atoms with van der Waals surface area (Å²) in [4.78, 5) is 0. The zero-order valence-corrected chi connectivity index (χ0v) is 11.6. The van der Waals surface area contributed by atoms with Crippen LogP contribution in [0.15, 0.2) is 11.5 Å². The molecule has 2 heteroatoms. The quantitative estimate of drug-likeness (QED) is 0.272. The minimum Gasteiger partial charge on any atom is -0.233 e. The molecule has 0 unspecified atom stereocenters. The van der Waals surface area contributed by atoms with Crippen LogP contribution >= 0.6 is 11.8 Å². The first-order valence-electron chi connectivity index (χ1n) is 6.07. The van der Waals surface area contributed by atoms with Gasteiger partial charge in [0.2, 0.25) is 5.04 Å². The Bertz CT molecular complexity index is 203. The minimum absolute atomic E-state index is 1.21. The van der Waals surface area contributed by atoms with Crippen LogP contribution in [0.25, 0.3) is 0 Å². The fourth-order valence-electron chi connectivity index (χ4n) is 1.23. The summed E-state index contributed by atoms with van der Waals surface area (Å²) < 4.78 is 2.24. The predicted molar refractivity (Wildman–Crippen MR) is 72.9 cm³/mol. The number of hydrogen-bond acceptors (Lipinski definition) is 1. The molecule has 0 fully saturated rings. The lowest BCUT2D eigenvalue weighted by Crippen LogP contribution is -2.08. The van der Waals surface area contributed by atoms with Gasteiger partial charge in [0.05, 0.1) is 0 Å². The Morgan fingerprint density at radius 1 is 1.13 bits per heavy atom. The van der Waals surface area contributed by atoms with Gasteiger partial charge in [0.15, 0.2) is 0 Å². The monoisotopic (exact) mass is 228 g/mol. The average Bonchev–Trinajstić information content (AvgIpc) is 2.21. The molecule has 0 amide bonds. The molecule has 0 aliphatic rings. The number of allylic oxidation sites excluding steroid dienone is 1. The summed E-state index contributed by atoms with van der Waals surface area (Å²) in [5.41, 5.74) is 0. The normalized spacial score (nSPS) is 10.9. The van der Waals surface area contributed by atoms with Crippen molar-refractivity contribution in [1.29, 1.82) is 0 Å². The molecule has 0 N–H and O–H groups in total. The van der Waals surface area contributed by atoms with Gasteiger partial charge < -0.3 is 0 Å². The number of rotatable bonds is 7. The molecule has 0 saturated heterocycles. The van der Waals surface area contributed by atoms with Crippen molar-refractivity contribution in [2.45, 2.75) is 52.4 Å². The second-order valence-electron chi connectivity index (χ2n) is 4.02. The first-order valence-corrected chi connectivity index (χ1v) is 6.95. The van der Waals surface area contributed by atoms with Crippen LogP contribution in [0.2, 0.25) is 0 Å². The van der Waals surface area contributed by atoms with Gasteiger partial charge in [0, 0.05) is 6.42 Å². The molecule has 0 heterocycles. The molecule has 0 aliphatic heterocycles. The topological polar surface area (TPSA) is 3.01 Å². The van der Waals surface area contributed by atoms with Crippen molar-refractivity contribution in [2.24, 2.45) is 0 Å². The molecule has 0 atom stereocenters. The van der Waals surface area contributed by atoms with E-state index in [4.69, 9.17) is 0 Å². The van der Waals surface area contributed by atoms with Crippen LogP contribution in [0.4, 0.5) is 0 Å². The molecular formula is C13H26NS+. The van der Waals surface area contributed by atoms with Crippen LogP contribution in [-0.2, 0) is 0 Å². The zero-order chi connectivity index (χ0) is 11.5. The van der Waals surface area contributed by atoms with Crippen LogP contribution < -0.4 is 0 Å². The van der Waals surface area contributed by atoms with Gasteiger partial charge in [-0.25, -0.2) is 4.58 Å². The van der Waals surface area contributed by atoms with E-state index in [2.05, 4.69) is 44.0 Å². The smallest absolute Gasteiger partial charge is 0.214 e. The fourth-order valence-corrected chi connectivity index (χ4v) is 2.10. The SMILES string of the molecule is CCCC/C=C\SC(CCCC)=[N+](C)C. The molecule has 0 saturated carbocycles. The summed E-state index contributed by atoms with van der Waals surface area (Å²) >= 11 is 1.88. The number of thioether (sulfide) groups is 1. The molecule has 0 spiro atoms. The largest absolute Gasteiger partial charge is 0.233 e. The van der Waals surface area contributed by atoms with Crippen LogP contribution in [0, 0.1) is 0 Å². The van der Waals surface area contributed by atoms with E-state index in [1.807, 2.05) is 11.8 Å². The van der Waals surface area contributed by atoms with Crippen molar-refractivity contribution in [3.63, 3.8) is 0 Å². The number of hydrogen-bond donors (Lipinski definition) is 0. The highest BCUT2D eigenvalue weighted by atomic mass is 32.2. The van der Waals surface area contributed by atoms with Crippen molar-refractivity contribution in [3.05, 3.63) is 11.5 Å². The summed E-state index contributed by atoms with van der Waals surface area (Å²) in [6.07, 6.45) is 9.90. The number of unbranched alkanes of at least 4 members (excludes halogenated alkanes) is 3. The van der Waals surface area contributed by atoms with Crippen molar-refractivity contribution >= 4 is 16.8 Å². The van der Waals surface area contributed by atoms with Gasteiger partial charge in [-0.2, -0.15) is 0 Å². The Kier molecular flexibility index (Phi) is 10.1. The lowest BCUT2D eigenvalue weighted by atomic mass is 10.2. The van der Waals surface area contributed by atoms with E-state index in [0.29, 0.717) is 0 Å². The third kappa shape index (κ3) is 8.73. The predicted octanol–water partition coefficient (Wildman–Crippen LogP) is 4.28. The molecule has 0 radical (unpaired) electrons. The van der Waals surface area contributed by atoms with Crippen molar-refractivity contribution in [3.8, 4) is 0 Å². The summed E-state index contributed by atoms with van der Waals surface area (Å²) in [6, 6.07) is 0. The standard InChI is InChI=1S/C13H26NS/c1-5-7-9-10-12-15-13(14(3)4)11-8-6-2/h10,12H,5-9,11H2,1-4H3/q+1/b12-10-. The van der Waals surface area contributed by atoms with E-state index >= 15 is 0 Å². The van der Waals surface area contributed by atoms with Gasteiger partial charge in [-0.3, -0.25) is 0 Å². The highest BCUT2D eigenvalue weighted by molar-refractivity contribution is 8.16. The Morgan fingerprint density at radius 3 is 2.33 bits per heavy atom. The molecule has 0 aromatic carbocycles. The highest BCUT2D eigenvalue weighted by Crippen LogP contribution is 2.12. The van der Waals surface area contributed by atoms with Crippen LogP contribution in [0.5, 0.6) is 0 Å². The van der Waals surface area contributed by atoms with E-state index in [9.17, 15) is 0 Å². The van der Waals surface area contributed by atoms with Gasteiger partial charge in [-0.05, 0) is 30.0 Å². The van der Waals surface area contributed by atoms with E-state index in [0.717, 1.165) is 0 Å². The molecule has 0 aliphatic carbocycles. The lowest BCUT2D eigenvalue weighted by Gasteiger charge is -1.99. The maximum atomic E-state index is 2.30. The highest BCUT2D eigenvalue weighted by Gasteiger charge is 2.05. The summed E-state index contributed by atoms with van der Waals surface area (Å²) in [5.74, 6) is 0. The molecule has 0 bridgehead atoms. The van der Waals surface area contributed by atoms with Gasteiger partial charge in [0.25, 0.3) is 0 Å². The first kappa shape index (κ1) is 14.8. The Hall–Kier alpha value is -0.240. The van der Waals surface area contributed by atoms with Crippen molar-refractivity contribution < 1.29 is 4.58 Å². The maximum Gasteiger partial charge on any atom is 0.214 e. The molecule has 0 rings (SSSR count). The average molecular weight is 228 g/mol. The third-order valence-electron chi connectivity index (χ3n) is 2.27. The van der Waals surface area contributed by atoms with Gasteiger partial charge in [-0.1, -0.05) is 39.2 Å². The molecule has 0 aromatic rings. The second kappa shape index (κ2) is 10.3. The van der Waals surface area contributed by atoms with Crippen molar-refractivity contribution in [1.82, 2.24) is 0 Å². The van der Waals surface area contributed by atoms with E-state index in [-0.39, 0.29) is 0 Å². The van der Waals surface area contributed by atoms with Gasteiger partial charge in [-0.15, -0.1) is 0 Å². The number of nitrogens with zero attached hydrogens (tertiary/aromatic N) is 1. The maximum absolute atomic E-state index is 2.30. The molecule has 0 aromatic heterocycles. The molecule has 15 heavy (non-hydrogen) atoms. The van der Waals surface area contributed by atoms with Crippen molar-refractivity contribution in [2.75, 3.05) is 14.1 Å². The third-order valence-corrected chi connectivity index (χ3v) is 3.44. The Balaban J connectivity index is 3.87. The van der Waals surface area contributed by atoms with Gasteiger partial charge in [0.1, 0.15) is 14.1 Å². The molecule has 1 nitrogen and oxygen atoms in total. The van der Waals surface area contributed by atoms with E-state index < -0.39 is 0 Å². The van der Waals surface area contributed by atoms with Crippen LogP contribution in [0.1, 0.15) is 52.4 Å². The van der Waals surface area contributed by atoms with E-state index in [1.54, 1.807) is 0 Å². The fraction of sp³-hybridized carbons (Fsp3) is 0.769. The second-order valence-corrected chi connectivity index (χ2v) is 5.00. The zero-order valence-electron chi connectivity index (χ0n) is 10.8. The summed E-state index contributed by atoms with van der Waals surface area (Å²) in [6.45, 7) is 4.48. The Morgan fingerprint density at radius 2 is 1.80 bits per heavy atom. The van der Waals surface area contributed by atoms with Crippen LogP contribution in [-0.4, -0.2) is 23.7 Å². The van der Waals surface area contributed by atoms with E-state index in [1.165, 1.54) is 43.6 Å². The minimum atomic E-state index is 1.21. The van der Waals surface area contributed by atoms with Crippen LogP contribution in [0.3, 0.4) is 0 Å².